The van der Waals surface area contributed by atoms with E-state index in [-0.39, 0.29) is 5.91 Å². The Labute approximate surface area is 123 Å². The lowest BCUT2D eigenvalue weighted by atomic mass is 10.3. The Kier molecular flexibility index (Phi) is 5.12. The van der Waals surface area contributed by atoms with Crippen LogP contribution in [0.1, 0.15) is 33.6 Å². The summed E-state index contributed by atoms with van der Waals surface area (Å²) >= 11 is 1.69. The minimum atomic E-state index is -0.142. The van der Waals surface area contributed by atoms with Crippen molar-refractivity contribution >= 4 is 23.1 Å². The SMILES string of the molecule is CCCNc1cccc(C(=O)NCc2ccc(C)s2)n1. The van der Waals surface area contributed by atoms with Crippen molar-refractivity contribution in [3.8, 4) is 0 Å². The van der Waals surface area contributed by atoms with Crippen LogP contribution in [-0.4, -0.2) is 17.4 Å². The van der Waals surface area contributed by atoms with Gasteiger partial charge in [-0.3, -0.25) is 4.79 Å². The molecule has 0 bridgehead atoms. The van der Waals surface area contributed by atoms with Gasteiger partial charge in [0.05, 0.1) is 6.54 Å². The van der Waals surface area contributed by atoms with Crippen LogP contribution in [0, 0.1) is 6.92 Å². The number of amides is 1. The molecule has 0 radical (unpaired) electrons. The number of nitrogens with one attached hydrogen (secondary N) is 2. The fourth-order valence-electron chi connectivity index (χ4n) is 1.75. The minimum absolute atomic E-state index is 0.142. The smallest absolute Gasteiger partial charge is 0.270 e. The van der Waals surface area contributed by atoms with Crippen molar-refractivity contribution in [3.63, 3.8) is 0 Å². The molecule has 0 saturated carbocycles. The molecule has 2 N–H and O–H groups in total. The number of pyridine rings is 1. The van der Waals surface area contributed by atoms with Crippen molar-refractivity contribution in [2.24, 2.45) is 0 Å². The average molecular weight is 289 g/mol. The number of hydrogen-bond acceptors (Lipinski definition) is 4. The highest BCUT2D eigenvalue weighted by Gasteiger charge is 2.08. The third kappa shape index (κ3) is 4.06. The van der Waals surface area contributed by atoms with E-state index >= 15 is 0 Å². The van der Waals surface area contributed by atoms with E-state index in [1.807, 2.05) is 18.2 Å². The van der Waals surface area contributed by atoms with Gasteiger partial charge in [0, 0.05) is 16.3 Å². The fourth-order valence-corrected chi connectivity index (χ4v) is 2.58. The summed E-state index contributed by atoms with van der Waals surface area (Å²) in [6.45, 7) is 5.55. The molecule has 5 heteroatoms. The number of carbonyl (C=O) groups excluding carboxylic acids is 1. The molecule has 0 spiro atoms. The lowest BCUT2D eigenvalue weighted by Gasteiger charge is -2.06. The fraction of sp³-hybridized carbons (Fsp3) is 0.333. The van der Waals surface area contributed by atoms with Crippen molar-refractivity contribution < 1.29 is 4.79 Å². The Hall–Kier alpha value is -1.88. The maximum Gasteiger partial charge on any atom is 0.270 e. The largest absolute Gasteiger partial charge is 0.370 e. The molecule has 0 atom stereocenters. The van der Waals surface area contributed by atoms with Crippen molar-refractivity contribution in [3.05, 3.63) is 45.8 Å². The van der Waals surface area contributed by atoms with E-state index in [2.05, 4.69) is 35.5 Å². The molecule has 2 rings (SSSR count). The highest BCUT2D eigenvalue weighted by Crippen LogP contribution is 2.14. The topological polar surface area (TPSA) is 54.0 Å². The molecule has 0 saturated heterocycles. The number of anilines is 1. The van der Waals surface area contributed by atoms with Crippen LogP contribution in [0.2, 0.25) is 0 Å². The predicted octanol–water partition coefficient (Wildman–Crippen LogP) is 3.20. The van der Waals surface area contributed by atoms with E-state index in [1.54, 1.807) is 17.4 Å². The Balaban J connectivity index is 1.94. The van der Waals surface area contributed by atoms with Gasteiger partial charge in [-0.2, -0.15) is 0 Å². The van der Waals surface area contributed by atoms with Gasteiger partial charge in [-0.25, -0.2) is 4.98 Å². The van der Waals surface area contributed by atoms with E-state index in [0.717, 1.165) is 23.7 Å². The zero-order valence-corrected chi connectivity index (χ0v) is 12.6. The molecule has 20 heavy (non-hydrogen) atoms. The van der Waals surface area contributed by atoms with Gasteiger partial charge in [-0.15, -0.1) is 11.3 Å². The molecule has 1 amide bonds. The standard InChI is InChI=1S/C15H19N3OS/c1-3-9-16-14-6-4-5-13(18-14)15(19)17-10-12-8-7-11(2)20-12/h4-8H,3,9-10H2,1-2H3,(H,16,18)(H,17,19). The molecule has 2 heterocycles. The van der Waals surface area contributed by atoms with Crippen molar-refractivity contribution in [1.29, 1.82) is 0 Å². The first kappa shape index (κ1) is 14.5. The van der Waals surface area contributed by atoms with Gasteiger partial charge in [0.1, 0.15) is 11.5 Å². The van der Waals surface area contributed by atoms with Gasteiger partial charge in [-0.1, -0.05) is 13.0 Å². The monoisotopic (exact) mass is 289 g/mol. The summed E-state index contributed by atoms with van der Waals surface area (Å²) in [6.07, 6.45) is 1.02. The molecule has 2 aromatic rings. The highest BCUT2D eigenvalue weighted by molar-refractivity contribution is 7.11. The van der Waals surface area contributed by atoms with Gasteiger partial charge in [0.25, 0.3) is 5.91 Å². The lowest BCUT2D eigenvalue weighted by molar-refractivity contribution is 0.0946. The molecule has 0 aliphatic heterocycles. The highest BCUT2D eigenvalue weighted by atomic mass is 32.1. The second kappa shape index (κ2) is 7.05. The first-order valence-corrected chi connectivity index (χ1v) is 7.55. The molecule has 2 aromatic heterocycles. The third-order valence-corrected chi connectivity index (χ3v) is 3.76. The second-order valence-electron chi connectivity index (χ2n) is 4.53. The van der Waals surface area contributed by atoms with Crippen molar-refractivity contribution in [2.45, 2.75) is 26.8 Å². The van der Waals surface area contributed by atoms with Crippen LogP contribution in [0.5, 0.6) is 0 Å². The number of carbonyl (C=O) groups is 1. The molecule has 0 aliphatic rings. The second-order valence-corrected chi connectivity index (χ2v) is 5.90. The number of aryl methyl sites for hydroxylation is 1. The molecular weight excluding hydrogens is 270 g/mol. The third-order valence-electron chi connectivity index (χ3n) is 2.76. The van der Waals surface area contributed by atoms with E-state index < -0.39 is 0 Å². The summed E-state index contributed by atoms with van der Waals surface area (Å²) in [5.74, 6) is 0.600. The van der Waals surface area contributed by atoms with Gasteiger partial charge in [0.2, 0.25) is 0 Å². The van der Waals surface area contributed by atoms with Crippen LogP contribution < -0.4 is 10.6 Å². The molecule has 106 valence electrons. The van der Waals surface area contributed by atoms with Gasteiger partial charge >= 0.3 is 0 Å². The molecule has 0 aliphatic carbocycles. The molecule has 4 nitrogen and oxygen atoms in total. The summed E-state index contributed by atoms with van der Waals surface area (Å²) in [7, 11) is 0. The number of hydrogen-bond donors (Lipinski definition) is 2. The van der Waals surface area contributed by atoms with Crippen LogP contribution in [0.3, 0.4) is 0 Å². The maximum absolute atomic E-state index is 12.1. The Morgan fingerprint density at radius 2 is 2.15 bits per heavy atom. The van der Waals surface area contributed by atoms with E-state index in [1.165, 1.54) is 4.88 Å². The Bertz CT molecular complexity index is 580. The zero-order chi connectivity index (χ0) is 14.4. The normalized spacial score (nSPS) is 10.3. The predicted molar refractivity (Wildman–Crippen MR) is 83.2 cm³/mol. The summed E-state index contributed by atoms with van der Waals surface area (Å²) in [5, 5.41) is 6.07. The molecular formula is C15H19N3OS. The maximum atomic E-state index is 12.1. The van der Waals surface area contributed by atoms with Gasteiger partial charge < -0.3 is 10.6 Å². The Morgan fingerprint density at radius 3 is 2.85 bits per heavy atom. The van der Waals surface area contributed by atoms with Crippen LogP contribution in [-0.2, 0) is 6.54 Å². The van der Waals surface area contributed by atoms with Crippen molar-refractivity contribution in [1.82, 2.24) is 10.3 Å². The molecule has 0 aromatic carbocycles. The number of thiophene rings is 1. The van der Waals surface area contributed by atoms with Crippen LogP contribution >= 0.6 is 11.3 Å². The first-order chi connectivity index (χ1) is 9.69. The van der Waals surface area contributed by atoms with Crippen LogP contribution in [0.25, 0.3) is 0 Å². The molecule has 0 unspecified atom stereocenters. The average Bonchev–Trinajstić information content (AvgIpc) is 2.88. The lowest BCUT2D eigenvalue weighted by Crippen LogP contribution is -2.23. The molecule has 0 fully saturated rings. The Morgan fingerprint density at radius 1 is 1.30 bits per heavy atom. The van der Waals surface area contributed by atoms with Crippen LogP contribution in [0.15, 0.2) is 30.3 Å². The zero-order valence-electron chi connectivity index (χ0n) is 11.8. The summed E-state index contributed by atoms with van der Waals surface area (Å²) in [4.78, 5) is 18.8. The summed E-state index contributed by atoms with van der Waals surface area (Å²) < 4.78 is 0. The first-order valence-electron chi connectivity index (χ1n) is 6.73. The van der Waals surface area contributed by atoms with E-state index in [0.29, 0.717) is 12.2 Å². The number of aromatic nitrogens is 1. The van der Waals surface area contributed by atoms with E-state index in [9.17, 15) is 4.79 Å². The quantitative estimate of drug-likeness (QED) is 0.858. The minimum Gasteiger partial charge on any atom is -0.370 e. The number of nitrogens with zero attached hydrogens (tertiary/aromatic N) is 1. The summed E-state index contributed by atoms with van der Waals surface area (Å²) in [6, 6.07) is 9.53. The van der Waals surface area contributed by atoms with Crippen molar-refractivity contribution in [2.75, 3.05) is 11.9 Å². The number of rotatable bonds is 6. The summed E-state index contributed by atoms with van der Waals surface area (Å²) in [5.41, 5.74) is 0.444. The van der Waals surface area contributed by atoms with Gasteiger partial charge in [0.15, 0.2) is 0 Å². The van der Waals surface area contributed by atoms with Gasteiger partial charge in [-0.05, 0) is 37.6 Å². The van der Waals surface area contributed by atoms with E-state index in [4.69, 9.17) is 0 Å². The van der Waals surface area contributed by atoms with Crippen LogP contribution in [0.4, 0.5) is 5.82 Å².